The van der Waals surface area contributed by atoms with Gasteiger partial charge in [0.15, 0.2) is 0 Å². The van der Waals surface area contributed by atoms with E-state index < -0.39 is 73.2 Å². The summed E-state index contributed by atoms with van der Waals surface area (Å²) in [6.07, 6.45) is 0. The fourth-order valence-electron chi connectivity index (χ4n) is 13.9. The predicted molar refractivity (Wildman–Crippen MR) is 375 cm³/mol. The molecule has 0 bridgehead atoms. The van der Waals surface area contributed by atoms with Gasteiger partial charge in [-0.3, -0.25) is 9.13 Å². The normalized spacial score (nSPS) is 14.7. The number of rotatable bonds is 6. The second-order valence-electron chi connectivity index (χ2n) is 24.2. The highest BCUT2D eigenvalue weighted by Gasteiger charge is 2.41. The molecule has 11 aromatic carbocycles. The molecule has 91 heavy (non-hydrogen) atoms. The SMILES string of the molecule is [2H]c1c([2H])c([2H])c(-c2cc(-c3ccc4c(c3)B3c5cc(-c6cc(-n7c8c([2H])c([2H])c([2H])c([2H])c8c8c([2H])c([2H])c([2H])c([2H])c87)cc(-n7c8ccccc8c8ccc9c%10ccccc%10sc9c87)n6)ccc5Oc5cccc(c53)O4)nc(-n3c4ccc(C#N)cc4c4cc(C(C)(C)C)ccc43)c2)c([2H])c1[2H]. The van der Waals surface area contributed by atoms with Crippen LogP contribution in [0.3, 0.4) is 0 Å². The highest BCUT2D eigenvalue weighted by atomic mass is 32.1. The van der Waals surface area contributed by atoms with Gasteiger partial charge >= 0.3 is 0 Å². The standard InChI is InChI=1S/C81H51BN6O2S/c1-81(2,3)52-31-35-70-61(43-52)60-38-47(46-83)28-34-69(60)87(70)76-42-51(48-16-5-4-6-17-48)41-64(84-76)49-29-36-71-62(39-49)82-63-40-50(30-37-72(63)90-74-26-15-25-73(89-71)78(74)82)65-44-53(86-66-22-11-7-18-54(66)55-19-8-12-23-67(55)86)45-77(85-65)88-68-24-13-9-20-56(68)58-32-33-59-57-21-10-14-27-75(57)91-80(59)79(58)88/h4-45H,1-3H3/i4D,5D,6D,7D,8D,11D,12D,16D,17D,18D,19D,22D,23D. The van der Waals surface area contributed by atoms with E-state index in [2.05, 4.69) is 73.9 Å². The maximum Gasteiger partial charge on any atom is 0.260 e. The number of para-hydroxylation sites is 3. The predicted octanol–water partition coefficient (Wildman–Crippen LogP) is 19.0. The number of pyridine rings is 2. The Morgan fingerprint density at radius 3 is 1.78 bits per heavy atom. The van der Waals surface area contributed by atoms with E-state index in [1.165, 1.54) is 4.57 Å². The number of thiophene rings is 1. The third-order valence-electron chi connectivity index (χ3n) is 18.1. The number of hydrogen-bond acceptors (Lipinski definition) is 6. The van der Waals surface area contributed by atoms with E-state index in [0.717, 1.165) is 74.8 Å². The molecule has 19 rings (SSSR count). The molecule has 0 atom stereocenters. The monoisotopic (exact) mass is 1200 g/mol. The summed E-state index contributed by atoms with van der Waals surface area (Å²) in [5.41, 5.74) is 9.06. The smallest absolute Gasteiger partial charge is 0.260 e. The van der Waals surface area contributed by atoms with Crippen molar-refractivity contribution in [3.8, 4) is 80.0 Å². The van der Waals surface area contributed by atoms with Crippen LogP contribution in [-0.2, 0) is 5.41 Å². The molecule has 0 spiro atoms. The first kappa shape index (κ1) is 40.1. The van der Waals surface area contributed by atoms with Crippen LogP contribution in [0.2, 0.25) is 0 Å². The van der Waals surface area contributed by atoms with Crippen LogP contribution in [0.15, 0.2) is 254 Å². The summed E-state index contributed by atoms with van der Waals surface area (Å²) in [6, 6.07) is 52.5. The topological polar surface area (TPSA) is 82.8 Å². The van der Waals surface area contributed by atoms with Crippen molar-refractivity contribution < 1.29 is 27.3 Å². The molecule has 6 aromatic heterocycles. The number of hydrogen-bond donors (Lipinski definition) is 0. The fraction of sp³-hybridized carbons (Fsp3) is 0.0494. The van der Waals surface area contributed by atoms with Crippen LogP contribution in [0.25, 0.3) is 137 Å². The van der Waals surface area contributed by atoms with E-state index >= 15 is 0 Å². The van der Waals surface area contributed by atoms with Crippen LogP contribution < -0.4 is 25.9 Å². The largest absolute Gasteiger partial charge is 0.458 e. The number of aromatic nitrogens is 5. The van der Waals surface area contributed by atoms with Gasteiger partial charge in [0.05, 0.1) is 84.3 Å². The minimum absolute atomic E-state index is 0.0199. The van der Waals surface area contributed by atoms with E-state index in [-0.39, 0.29) is 50.6 Å². The van der Waals surface area contributed by atoms with Gasteiger partial charge in [0.2, 0.25) is 0 Å². The number of fused-ring (bicyclic) bond motifs is 17. The summed E-state index contributed by atoms with van der Waals surface area (Å²) in [5, 5.41) is 15.8. The number of benzene rings is 11. The molecule has 2 aliphatic rings. The Hall–Kier alpha value is -11.5. The zero-order chi connectivity index (χ0) is 71.7. The van der Waals surface area contributed by atoms with Gasteiger partial charge in [0.25, 0.3) is 6.71 Å². The summed E-state index contributed by atoms with van der Waals surface area (Å²) >= 11 is 1.66. The van der Waals surface area contributed by atoms with E-state index in [9.17, 15) is 13.5 Å². The molecule has 0 saturated carbocycles. The minimum Gasteiger partial charge on any atom is -0.458 e. The average molecular weight is 1200 g/mol. The zero-order valence-corrected chi connectivity index (χ0v) is 49.5. The van der Waals surface area contributed by atoms with Crippen LogP contribution in [0, 0.1) is 11.3 Å². The lowest BCUT2D eigenvalue weighted by atomic mass is 9.34. The number of ether oxygens (including phenoxy) is 2. The summed E-state index contributed by atoms with van der Waals surface area (Å²) < 4.78 is 140. The molecule has 0 radical (unpaired) electrons. The average Bonchev–Trinajstić information content (AvgIpc) is 1.57. The van der Waals surface area contributed by atoms with Crippen molar-refractivity contribution in [1.82, 2.24) is 23.7 Å². The Morgan fingerprint density at radius 1 is 0.451 bits per heavy atom. The second kappa shape index (κ2) is 19.2. The molecule has 0 aliphatic carbocycles. The Balaban J connectivity index is 0.859. The summed E-state index contributed by atoms with van der Waals surface area (Å²) in [7, 11) is 0. The van der Waals surface area contributed by atoms with Crippen molar-refractivity contribution in [3.05, 3.63) is 266 Å². The van der Waals surface area contributed by atoms with Crippen LogP contribution in [0.1, 0.15) is 49.7 Å². The molecular formula is C81H51BN6O2S. The maximum atomic E-state index is 10.2. The van der Waals surface area contributed by atoms with Crippen LogP contribution >= 0.6 is 11.3 Å². The third kappa shape index (κ3) is 7.75. The maximum absolute atomic E-state index is 10.2. The summed E-state index contributed by atoms with van der Waals surface area (Å²) in [6.45, 7) is 5.80. The molecule has 426 valence electrons. The van der Waals surface area contributed by atoms with Crippen molar-refractivity contribution in [2.75, 3.05) is 0 Å². The first-order valence-electron chi connectivity index (χ1n) is 36.3. The fourth-order valence-corrected chi connectivity index (χ4v) is 15.2. The third-order valence-corrected chi connectivity index (χ3v) is 19.3. The molecule has 0 amide bonds. The van der Waals surface area contributed by atoms with E-state index in [4.69, 9.17) is 29.0 Å². The van der Waals surface area contributed by atoms with Gasteiger partial charge in [-0.05, 0) is 148 Å². The first-order chi connectivity index (χ1) is 50.1. The zero-order valence-electron chi connectivity index (χ0n) is 61.7. The van der Waals surface area contributed by atoms with Crippen molar-refractivity contribution in [1.29, 1.82) is 5.26 Å². The Bertz CT molecular complexity index is 6770. The molecule has 2 aliphatic heterocycles. The van der Waals surface area contributed by atoms with Crippen LogP contribution in [0.5, 0.6) is 23.0 Å². The van der Waals surface area contributed by atoms with E-state index in [1.807, 2.05) is 114 Å². The minimum atomic E-state index is -0.605. The Kier molecular flexibility index (Phi) is 8.49. The lowest BCUT2D eigenvalue weighted by molar-refractivity contribution is 0.464. The van der Waals surface area contributed by atoms with Gasteiger partial charge in [0.1, 0.15) is 34.6 Å². The van der Waals surface area contributed by atoms with Crippen molar-refractivity contribution in [3.63, 3.8) is 0 Å². The Morgan fingerprint density at radius 2 is 1.07 bits per heavy atom. The molecule has 8 heterocycles. The molecule has 0 N–H and O–H groups in total. The van der Waals surface area contributed by atoms with Gasteiger partial charge in [-0.1, -0.05) is 160 Å². The molecule has 8 nitrogen and oxygen atoms in total. The Labute approximate surface area is 545 Å². The van der Waals surface area contributed by atoms with Crippen molar-refractivity contribution >= 4 is 120 Å². The quantitative estimate of drug-likeness (QED) is 0.155. The van der Waals surface area contributed by atoms with Gasteiger partial charge in [0, 0.05) is 64.9 Å². The van der Waals surface area contributed by atoms with Gasteiger partial charge in [-0.15, -0.1) is 11.3 Å². The van der Waals surface area contributed by atoms with E-state index in [1.54, 1.807) is 35.6 Å². The van der Waals surface area contributed by atoms with E-state index in [0.29, 0.717) is 79.2 Å². The molecule has 10 heteroatoms. The molecule has 0 saturated heterocycles. The van der Waals surface area contributed by atoms with Crippen molar-refractivity contribution in [2.45, 2.75) is 26.2 Å². The summed E-state index contributed by atoms with van der Waals surface area (Å²) in [4.78, 5) is 11.1. The molecule has 0 unspecified atom stereocenters. The lowest BCUT2D eigenvalue weighted by Crippen LogP contribution is -2.57. The molecule has 0 fully saturated rings. The van der Waals surface area contributed by atoms with Crippen molar-refractivity contribution in [2.24, 2.45) is 0 Å². The van der Waals surface area contributed by atoms with Gasteiger partial charge in [-0.2, -0.15) is 5.26 Å². The van der Waals surface area contributed by atoms with Gasteiger partial charge in [-0.25, -0.2) is 9.97 Å². The highest BCUT2D eigenvalue weighted by molar-refractivity contribution is 7.26. The number of nitrogens with zero attached hydrogens (tertiary/aromatic N) is 6. The van der Waals surface area contributed by atoms with Crippen LogP contribution in [0.4, 0.5) is 0 Å². The van der Waals surface area contributed by atoms with Gasteiger partial charge < -0.3 is 14.0 Å². The van der Waals surface area contributed by atoms with Crippen LogP contribution in [-0.4, -0.2) is 30.4 Å². The molecular weight excluding hydrogens is 1130 g/mol. The first-order valence-corrected chi connectivity index (χ1v) is 30.6. The lowest BCUT2D eigenvalue weighted by Gasteiger charge is -2.33. The number of nitriles is 1. The second-order valence-corrected chi connectivity index (χ2v) is 25.3. The molecule has 17 aromatic rings. The highest BCUT2D eigenvalue weighted by Crippen LogP contribution is 2.45. The summed E-state index contributed by atoms with van der Waals surface area (Å²) in [5.74, 6) is 2.92.